The molecule has 1 N–H and O–H groups in total. The first-order valence-electron chi connectivity index (χ1n) is 5.81. The summed E-state index contributed by atoms with van der Waals surface area (Å²) >= 11 is 0. The lowest BCUT2D eigenvalue weighted by atomic mass is 10.3. The minimum absolute atomic E-state index is 0.191. The van der Waals surface area contributed by atoms with Crippen molar-refractivity contribution >= 4 is 10.0 Å². The molecule has 96 valence electrons. The van der Waals surface area contributed by atoms with Crippen LogP contribution in [-0.4, -0.2) is 48.2 Å². The lowest BCUT2D eigenvalue weighted by Crippen LogP contribution is -2.51. The first-order chi connectivity index (χ1) is 8.05. The summed E-state index contributed by atoms with van der Waals surface area (Å²) < 4.78 is 27.9. The second-order valence-electron chi connectivity index (χ2n) is 4.20. The van der Waals surface area contributed by atoms with Crippen molar-refractivity contribution in [2.75, 3.05) is 19.6 Å². The third kappa shape index (κ3) is 2.36. The number of hydrogen-bond donors (Lipinski definition) is 1. The Balaban J connectivity index is 2.30. The zero-order chi connectivity index (χ0) is 12.5. The molecule has 1 aliphatic rings. The zero-order valence-corrected chi connectivity index (χ0v) is 10.9. The van der Waals surface area contributed by atoms with Gasteiger partial charge in [0, 0.05) is 32.2 Å². The monoisotopic (exact) mass is 258 g/mol. The topological polar surface area (TPSA) is 67.2 Å². The summed E-state index contributed by atoms with van der Waals surface area (Å²) in [6.45, 7) is 6.15. The predicted octanol–water partition coefficient (Wildman–Crippen LogP) is -0.115. The molecule has 1 saturated heterocycles. The van der Waals surface area contributed by atoms with Crippen LogP contribution < -0.4 is 5.32 Å². The number of hydrogen-bond acceptors (Lipinski definition) is 4. The first-order valence-corrected chi connectivity index (χ1v) is 7.25. The molecule has 0 bridgehead atoms. The molecule has 1 atom stereocenters. The molecular weight excluding hydrogens is 240 g/mol. The van der Waals surface area contributed by atoms with E-state index in [1.807, 2.05) is 13.8 Å². The number of nitrogens with zero attached hydrogens (tertiary/aromatic N) is 3. The summed E-state index contributed by atoms with van der Waals surface area (Å²) in [5.41, 5.74) is 0. The van der Waals surface area contributed by atoms with Crippen LogP contribution in [0.1, 0.15) is 13.8 Å². The molecule has 0 unspecified atom stereocenters. The number of aryl methyl sites for hydroxylation is 1. The van der Waals surface area contributed by atoms with E-state index in [9.17, 15) is 8.42 Å². The second kappa shape index (κ2) is 4.75. The molecule has 0 amide bonds. The van der Waals surface area contributed by atoms with Crippen molar-refractivity contribution in [2.45, 2.75) is 31.5 Å². The highest BCUT2D eigenvalue weighted by atomic mass is 32.2. The van der Waals surface area contributed by atoms with Gasteiger partial charge >= 0.3 is 0 Å². The molecule has 0 radical (unpaired) electrons. The van der Waals surface area contributed by atoms with Crippen LogP contribution in [0.15, 0.2) is 17.3 Å². The Morgan fingerprint density at radius 2 is 2.35 bits per heavy atom. The van der Waals surface area contributed by atoms with E-state index in [4.69, 9.17) is 0 Å². The molecule has 0 aliphatic carbocycles. The third-order valence-corrected chi connectivity index (χ3v) is 4.80. The van der Waals surface area contributed by atoms with Gasteiger partial charge in [-0.15, -0.1) is 0 Å². The Labute approximate surface area is 102 Å². The highest BCUT2D eigenvalue weighted by Crippen LogP contribution is 2.16. The lowest BCUT2D eigenvalue weighted by Gasteiger charge is -2.30. The SMILES string of the molecule is CCn1nccc1S(=O)(=O)N1CCN[C@H](C)C1. The van der Waals surface area contributed by atoms with Gasteiger partial charge in [0.2, 0.25) is 0 Å². The quantitative estimate of drug-likeness (QED) is 0.821. The molecule has 6 nitrogen and oxygen atoms in total. The maximum atomic E-state index is 12.4. The molecule has 2 rings (SSSR count). The van der Waals surface area contributed by atoms with Crippen molar-refractivity contribution in [1.29, 1.82) is 0 Å². The molecular formula is C10H18N4O2S. The van der Waals surface area contributed by atoms with Crippen molar-refractivity contribution in [3.8, 4) is 0 Å². The Hall–Kier alpha value is -0.920. The molecule has 2 heterocycles. The molecule has 0 spiro atoms. The molecule has 1 aromatic rings. The Morgan fingerprint density at radius 1 is 1.59 bits per heavy atom. The van der Waals surface area contributed by atoms with Gasteiger partial charge in [0.25, 0.3) is 10.0 Å². The standard InChI is InChI=1S/C10H18N4O2S/c1-3-14-10(4-5-12-14)17(15,16)13-7-6-11-9(2)8-13/h4-5,9,11H,3,6-8H2,1-2H3/t9-/m1/s1. The molecule has 0 saturated carbocycles. The third-order valence-electron chi connectivity index (χ3n) is 2.91. The molecule has 1 fully saturated rings. The maximum absolute atomic E-state index is 12.4. The van der Waals surface area contributed by atoms with Crippen LogP contribution in [0.3, 0.4) is 0 Å². The van der Waals surface area contributed by atoms with Gasteiger partial charge in [0.15, 0.2) is 5.03 Å². The van der Waals surface area contributed by atoms with Gasteiger partial charge in [-0.05, 0) is 19.9 Å². The van der Waals surface area contributed by atoms with E-state index in [1.165, 1.54) is 15.2 Å². The summed E-state index contributed by atoms with van der Waals surface area (Å²) in [4.78, 5) is 0. The lowest BCUT2D eigenvalue weighted by molar-refractivity contribution is 0.307. The van der Waals surface area contributed by atoms with Crippen molar-refractivity contribution in [2.24, 2.45) is 0 Å². The smallest absolute Gasteiger partial charge is 0.260 e. The van der Waals surface area contributed by atoms with Gasteiger partial charge in [-0.2, -0.15) is 9.40 Å². The van der Waals surface area contributed by atoms with Crippen LogP contribution in [0.5, 0.6) is 0 Å². The fraction of sp³-hybridized carbons (Fsp3) is 0.700. The van der Waals surface area contributed by atoms with Crippen molar-refractivity contribution in [3.05, 3.63) is 12.3 Å². The van der Waals surface area contributed by atoms with Crippen LogP contribution in [0.4, 0.5) is 0 Å². The minimum atomic E-state index is -3.40. The van der Waals surface area contributed by atoms with Gasteiger partial charge in [-0.3, -0.25) is 4.68 Å². The number of sulfonamides is 1. The van der Waals surface area contributed by atoms with Gasteiger partial charge in [0.1, 0.15) is 0 Å². The number of rotatable bonds is 3. The Kier molecular flexibility index (Phi) is 3.50. The second-order valence-corrected chi connectivity index (χ2v) is 6.09. The van der Waals surface area contributed by atoms with Gasteiger partial charge in [-0.25, -0.2) is 8.42 Å². The summed E-state index contributed by atoms with van der Waals surface area (Å²) in [6.07, 6.45) is 1.53. The molecule has 1 aliphatic heterocycles. The van der Waals surface area contributed by atoms with Crippen LogP contribution >= 0.6 is 0 Å². The van der Waals surface area contributed by atoms with E-state index in [-0.39, 0.29) is 11.1 Å². The van der Waals surface area contributed by atoms with Gasteiger partial charge in [0.05, 0.1) is 6.20 Å². The van der Waals surface area contributed by atoms with E-state index in [0.29, 0.717) is 26.2 Å². The number of aromatic nitrogens is 2. The molecule has 1 aromatic heterocycles. The summed E-state index contributed by atoms with van der Waals surface area (Å²) in [6, 6.07) is 1.75. The zero-order valence-electron chi connectivity index (χ0n) is 10.1. The van der Waals surface area contributed by atoms with Crippen LogP contribution in [0.2, 0.25) is 0 Å². The van der Waals surface area contributed by atoms with Crippen molar-refractivity contribution < 1.29 is 8.42 Å². The van der Waals surface area contributed by atoms with Gasteiger partial charge in [-0.1, -0.05) is 0 Å². The fourth-order valence-electron chi connectivity index (χ4n) is 2.02. The summed E-state index contributed by atoms with van der Waals surface area (Å²) in [5.74, 6) is 0. The van der Waals surface area contributed by atoms with Crippen molar-refractivity contribution in [3.63, 3.8) is 0 Å². The molecule has 7 heteroatoms. The maximum Gasteiger partial charge on any atom is 0.260 e. The van der Waals surface area contributed by atoms with E-state index in [0.717, 1.165) is 0 Å². The van der Waals surface area contributed by atoms with Crippen molar-refractivity contribution in [1.82, 2.24) is 19.4 Å². The number of nitrogens with one attached hydrogen (secondary N) is 1. The molecule has 17 heavy (non-hydrogen) atoms. The minimum Gasteiger partial charge on any atom is -0.312 e. The number of piperazine rings is 1. The average molecular weight is 258 g/mol. The predicted molar refractivity (Wildman–Crippen MR) is 64.1 cm³/mol. The van der Waals surface area contributed by atoms with E-state index >= 15 is 0 Å². The highest BCUT2D eigenvalue weighted by Gasteiger charge is 2.30. The normalized spacial score (nSPS) is 22.8. The largest absolute Gasteiger partial charge is 0.312 e. The average Bonchev–Trinajstić information content (AvgIpc) is 2.77. The Bertz CT molecular complexity index is 482. The van der Waals surface area contributed by atoms with Crippen LogP contribution in [0, 0.1) is 0 Å². The summed E-state index contributed by atoms with van der Waals surface area (Å²) in [5, 5.41) is 7.53. The van der Waals surface area contributed by atoms with Crippen LogP contribution in [-0.2, 0) is 16.6 Å². The highest BCUT2D eigenvalue weighted by molar-refractivity contribution is 7.89. The first kappa shape index (κ1) is 12.5. The van der Waals surface area contributed by atoms with E-state index in [1.54, 1.807) is 6.07 Å². The van der Waals surface area contributed by atoms with Gasteiger partial charge < -0.3 is 5.32 Å². The fourth-order valence-corrected chi connectivity index (χ4v) is 3.72. The van der Waals surface area contributed by atoms with Crippen LogP contribution in [0.25, 0.3) is 0 Å². The summed E-state index contributed by atoms with van der Waals surface area (Å²) in [7, 11) is -3.40. The Morgan fingerprint density at radius 3 is 3.00 bits per heavy atom. The molecule has 0 aromatic carbocycles. The van der Waals surface area contributed by atoms with E-state index < -0.39 is 10.0 Å². The van der Waals surface area contributed by atoms with E-state index in [2.05, 4.69) is 10.4 Å².